The molecule has 8 nitrogen and oxygen atoms in total. The van der Waals surface area contributed by atoms with Gasteiger partial charge < -0.3 is 19.8 Å². The van der Waals surface area contributed by atoms with Crippen molar-refractivity contribution >= 4 is 31.6 Å². The number of hydrogen-bond acceptors (Lipinski definition) is 8. The summed E-state index contributed by atoms with van der Waals surface area (Å²) in [5.74, 6) is 0.236. The minimum Gasteiger partial charge on any atom is -0.399 e. The molecule has 0 atom stereocenters. The third kappa shape index (κ3) is 5.30. The molecule has 0 spiro atoms. The van der Waals surface area contributed by atoms with Crippen molar-refractivity contribution in [2.45, 2.75) is 9.79 Å². The Morgan fingerprint density at radius 2 is 0.853 bits per heavy atom. The molecule has 0 unspecified atom stereocenters. The number of nitrogens with two attached hydrogens (primary N) is 2. The number of benzene rings is 4. The van der Waals surface area contributed by atoms with Gasteiger partial charge in [-0.1, -0.05) is 24.3 Å². The highest BCUT2D eigenvalue weighted by atomic mass is 32.2. The van der Waals surface area contributed by atoms with Crippen molar-refractivity contribution in [3.8, 4) is 22.6 Å². The molecular weight excluding hydrogens is 476 g/mol. The van der Waals surface area contributed by atoms with Crippen LogP contribution in [-0.4, -0.2) is 16.8 Å². The van der Waals surface area contributed by atoms with E-state index in [2.05, 4.69) is 0 Å². The second kappa shape index (κ2) is 9.08. The van der Waals surface area contributed by atoms with Crippen LogP contribution in [-0.2, 0) is 20.2 Å². The molecule has 4 aromatic rings. The van der Waals surface area contributed by atoms with Gasteiger partial charge in [0.2, 0.25) is 0 Å². The smallest absolute Gasteiger partial charge is 0.339 e. The predicted molar refractivity (Wildman–Crippen MR) is 129 cm³/mol. The van der Waals surface area contributed by atoms with Gasteiger partial charge >= 0.3 is 20.2 Å². The second-order valence-electron chi connectivity index (χ2n) is 7.27. The Bertz CT molecular complexity index is 1410. The zero-order chi connectivity index (χ0) is 24.3. The van der Waals surface area contributed by atoms with E-state index in [9.17, 15) is 16.8 Å². The maximum absolute atomic E-state index is 12.7. The first-order valence-corrected chi connectivity index (χ1v) is 12.7. The molecule has 0 heterocycles. The Hall–Kier alpha value is -4.02. The SMILES string of the molecule is Nc1ccc(OS(=O)(=O)c2cccc(-c3cccc(S(=O)(=O)Oc4ccc(N)cc4)c3)c2)cc1. The number of hydrogen-bond donors (Lipinski definition) is 2. The van der Waals surface area contributed by atoms with E-state index in [0.717, 1.165) is 0 Å². The molecule has 0 saturated carbocycles. The number of anilines is 2. The van der Waals surface area contributed by atoms with Gasteiger partial charge in [-0.25, -0.2) is 0 Å². The van der Waals surface area contributed by atoms with Crippen molar-refractivity contribution in [3.05, 3.63) is 97.1 Å². The van der Waals surface area contributed by atoms with Crippen LogP contribution < -0.4 is 19.8 Å². The highest BCUT2D eigenvalue weighted by Crippen LogP contribution is 2.28. The normalized spacial score (nSPS) is 11.6. The highest BCUT2D eigenvalue weighted by molar-refractivity contribution is 7.87. The van der Waals surface area contributed by atoms with Crippen molar-refractivity contribution in [2.75, 3.05) is 11.5 Å². The summed E-state index contributed by atoms with van der Waals surface area (Å²) in [7, 11) is -8.27. The van der Waals surface area contributed by atoms with Gasteiger partial charge in [-0.05, 0) is 83.9 Å². The molecule has 0 aliphatic heterocycles. The van der Waals surface area contributed by atoms with Gasteiger partial charge in [0.1, 0.15) is 21.3 Å². The average molecular weight is 497 g/mol. The van der Waals surface area contributed by atoms with E-state index in [0.29, 0.717) is 22.5 Å². The molecule has 0 aliphatic rings. The first-order chi connectivity index (χ1) is 16.1. The molecule has 0 aromatic heterocycles. The summed E-state index contributed by atoms with van der Waals surface area (Å²) in [5, 5.41) is 0. The van der Waals surface area contributed by atoms with E-state index in [1.807, 2.05) is 0 Å². The summed E-state index contributed by atoms with van der Waals surface area (Å²) in [6.45, 7) is 0. The average Bonchev–Trinajstić information content (AvgIpc) is 2.82. The minimum absolute atomic E-state index is 0.0896. The fourth-order valence-electron chi connectivity index (χ4n) is 3.06. The molecule has 0 aliphatic carbocycles. The van der Waals surface area contributed by atoms with Gasteiger partial charge in [-0.2, -0.15) is 16.8 Å². The van der Waals surface area contributed by atoms with E-state index in [1.54, 1.807) is 24.3 Å². The van der Waals surface area contributed by atoms with Crippen LogP contribution in [0, 0.1) is 0 Å². The zero-order valence-corrected chi connectivity index (χ0v) is 19.3. The number of nitrogen functional groups attached to an aromatic ring is 2. The third-order valence-corrected chi connectivity index (χ3v) is 7.24. The maximum Gasteiger partial charge on any atom is 0.339 e. The molecular formula is C24H20N2O6S2. The third-order valence-electron chi connectivity index (χ3n) is 4.75. The monoisotopic (exact) mass is 496 g/mol. The zero-order valence-electron chi connectivity index (χ0n) is 17.7. The molecule has 174 valence electrons. The summed E-state index contributed by atoms with van der Waals surface area (Å²) in [4.78, 5) is -0.179. The lowest BCUT2D eigenvalue weighted by molar-refractivity contribution is 0.484. The van der Waals surface area contributed by atoms with Gasteiger partial charge in [0, 0.05) is 11.4 Å². The van der Waals surface area contributed by atoms with E-state index in [-0.39, 0.29) is 21.3 Å². The Balaban J connectivity index is 1.62. The van der Waals surface area contributed by atoms with Crippen LogP contribution in [0.5, 0.6) is 11.5 Å². The summed E-state index contributed by atoms with van der Waals surface area (Å²) in [5.41, 5.74) is 13.1. The molecule has 0 saturated heterocycles. The van der Waals surface area contributed by atoms with Crippen LogP contribution in [0.15, 0.2) is 107 Å². The Morgan fingerprint density at radius 3 is 1.21 bits per heavy atom. The van der Waals surface area contributed by atoms with Crippen LogP contribution in [0.3, 0.4) is 0 Å². The quantitative estimate of drug-likeness (QED) is 0.289. The van der Waals surface area contributed by atoms with E-state index in [4.69, 9.17) is 19.8 Å². The first-order valence-electron chi connectivity index (χ1n) is 9.93. The lowest BCUT2D eigenvalue weighted by Crippen LogP contribution is -2.10. The van der Waals surface area contributed by atoms with Crippen molar-refractivity contribution < 1.29 is 25.2 Å². The van der Waals surface area contributed by atoms with Crippen molar-refractivity contribution in [1.29, 1.82) is 0 Å². The van der Waals surface area contributed by atoms with Gasteiger partial charge in [0.05, 0.1) is 0 Å². The number of rotatable bonds is 7. The summed E-state index contributed by atoms with van der Waals surface area (Å²) >= 11 is 0. The maximum atomic E-state index is 12.7. The highest BCUT2D eigenvalue weighted by Gasteiger charge is 2.20. The molecule has 0 fully saturated rings. The molecule has 4 rings (SSSR count). The molecule has 4 aromatic carbocycles. The first kappa shape index (κ1) is 23.1. The lowest BCUT2D eigenvalue weighted by atomic mass is 10.1. The predicted octanol–water partition coefficient (Wildman–Crippen LogP) is 4.05. The molecule has 10 heteroatoms. The van der Waals surface area contributed by atoms with Crippen molar-refractivity contribution in [2.24, 2.45) is 0 Å². The summed E-state index contributed by atoms with van der Waals surface area (Å²) in [6, 6.07) is 23.9. The molecule has 0 amide bonds. The Kier molecular flexibility index (Phi) is 6.18. The largest absolute Gasteiger partial charge is 0.399 e. The summed E-state index contributed by atoms with van der Waals surface area (Å²) < 4.78 is 61.3. The van der Waals surface area contributed by atoms with Crippen LogP contribution in [0.1, 0.15) is 0 Å². The molecule has 4 N–H and O–H groups in total. The summed E-state index contributed by atoms with van der Waals surface area (Å²) in [6.07, 6.45) is 0. The van der Waals surface area contributed by atoms with Crippen LogP contribution in [0.25, 0.3) is 11.1 Å². The van der Waals surface area contributed by atoms with Crippen molar-refractivity contribution in [1.82, 2.24) is 0 Å². The van der Waals surface area contributed by atoms with Crippen LogP contribution in [0.2, 0.25) is 0 Å². The Morgan fingerprint density at radius 1 is 0.500 bits per heavy atom. The van der Waals surface area contributed by atoms with Gasteiger partial charge in [-0.3, -0.25) is 0 Å². The van der Waals surface area contributed by atoms with Gasteiger partial charge in [-0.15, -0.1) is 0 Å². The fourth-order valence-corrected chi connectivity index (χ4v) is 5.01. The topological polar surface area (TPSA) is 139 Å². The second-order valence-corrected chi connectivity index (χ2v) is 10.4. The van der Waals surface area contributed by atoms with Crippen LogP contribution in [0.4, 0.5) is 11.4 Å². The standard InChI is InChI=1S/C24H20N2O6S2/c25-19-7-11-21(12-8-19)31-33(27,28)23-5-1-3-17(15-23)18-4-2-6-24(16-18)34(29,30)32-22-13-9-20(26)10-14-22/h1-16H,25-26H2. The van der Waals surface area contributed by atoms with Gasteiger partial charge in [0.15, 0.2) is 0 Å². The minimum atomic E-state index is -4.13. The van der Waals surface area contributed by atoms with Crippen molar-refractivity contribution in [3.63, 3.8) is 0 Å². The fraction of sp³-hybridized carbons (Fsp3) is 0. The van der Waals surface area contributed by atoms with Gasteiger partial charge in [0.25, 0.3) is 0 Å². The molecule has 0 bridgehead atoms. The molecule has 34 heavy (non-hydrogen) atoms. The van der Waals surface area contributed by atoms with E-state index in [1.165, 1.54) is 72.8 Å². The molecule has 0 radical (unpaired) electrons. The van der Waals surface area contributed by atoms with E-state index < -0.39 is 20.2 Å². The lowest BCUT2D eigenvalue weighted by Gasteiger charge is -2.11. The van der Waals surface area contributed by atoms with Crippen LogP contribution >= 0.6 is 0 Å². The van der Waals surface area contributed by atoms with E-state index >= 15 is 0 Å². The Labute approximate surface area is 197 Å².